The highest BCUT2D eigenvalue weighted by Crippen LogP contribution is 2.09. The molecule has 0 radical (unpaired) electrons. The molecule has 0 amide bonds. The van der Waals surface area contributed by atoms with Crippen molar-refractivity contribution in [3.05, 3.63) is 0 Å². The van der Waals surface area contributed by atoms with Gasteiger partial charge in [0, 0.05) is 0 Å². The molecule has 0 spiro atoms. The van der Waals surface area contributed by atoms with Gasteiger partial charge >= 0.3 is 0 Å². The molecule has 0 aliphatic carbocycles. The van der Waals surface area contributed by atoms with Crippen molar-refractivity contribution in [3.8, 4) is 6.07 Å². The Morgan fingerprint density at radius 2 is 1.92 bits per heavy atom. The molecule has 1 atom stereocenters. The van der Waals surface area contributed by atoms with Crippen LogP contribution >= 0.6 is 0 Å². The van der Waals surface area contributed by atoms with Gasteiger partial charge in [-0.25, -0.2) is 8.42 Å². The molecule has 0 aliphatic heterocycles. The van der Waals surface area contributed by atoms with Gasteiger partial charge in [-0.1, -0.05) is 20.3 Å². The molecule has 0 heterocycles. The molecule has 0 aromatic heterocycles. The smallest absolute Gasteiger partial charge is 0.166 e. The summed E-state index contributed by atoms with van der Waals surface area (Å²) in [4.78, 5) is 0. The van der Waals surface area contributed by atoms with Crippen LogP contribution in [0.25, 0.3) is 0 Å². The molecular formula is C8H15NO2S. The summed E-state index contributed by atoms with van der Waals surface area (Å²) in [6, 6.07) is 1.84. The molecular weight excluding hydrogens is 174 g/mol. The number of rotatable bonds is 5. The highest BCUT2D eigenvalue weighted by Gasteiger charge is 2.22. The van der Waals surface area contributed by atoms with E-state index in [-0.39, 0.29) is 5.75 Å². The van der Waals surface area contributed by atoms with Crippen LogP contribution < -0.4 is 0 Å². The molecule has 0 saturated carbocycles. The molecule has 12 heavy (non-hydrogen) atoms. The van der Waals surface area contributed by atoms with Crippen molar-refractivity contribution in [2.75, 3.05) is 5.75 Å². The first kappa shape index (κ1) is 11.4. The zero-order valence-electron chi connectivity index (χ0n) is 7.58. The fourth-order valence-electron chi connectivity index (χ4n) is 1.01. The van der Waals surface area contributed by atoms with Crippen molar-refractivity contribution in [2.45, 2.75) is 38.4 Å². The average molecular weight is 189 g/mol. The number of hydrogen-bond acceptors (Lipinski definition) is 3. The normalized spacial score (nSPS) is 13.8. The lowest BCUT2D eigenvalue weighted by atomic mass is 10.3. The highest BCUT2D eigenvalue weighted by molar-refractivity contribution is 7.92. The van der Waals surface area contributed by atoms with E-state index >= 15 is 0 Å². The molecule has 0 aromatic carbocycles. The number of nitriles is 1. The van der Waals surface area contributed by atoms with Crippen molar-refractivity contribution in [1.82, 2.24) is 0 Å². The van der Waals surface area contributed by atoms with E-state index in [9.17, 15) is 8.42 Å². The third-order valence-corrected chi connectivity index (χ3v) is 3.80. The Labute approximate surface area is 74.3 Å². The van der Waals surface area contributed by atoms with Crippen LogP contribution in [0.3, 0.4) is 0 Å². The van der Waals surface area contributed by atoms with Gasteiger partial charge in [0.1, 0.15) is 5.25 Å². The van der Waals surface area contributed by atoms with Gasteiger partial charge in [0.25, 0.3) is 0 Å². The zero-order valence-corrected chi connectivity index (χ0v) is 8.39. The van der Waals surface area contributed by atoms with Crippen LogP contribution in [0.2, 0.25) is 0 Å². The molecule has 4 heteroatoms. The maximum atomic E-state index is 11.3. The summed E-state index contributed by atoms with van der Waals surface area (Å²) < 4.78 is 22.7. The van der Waals surface area contributed by atoms with Gasteiger partial charge in [0.05, 0.1) is 11.8 Å². The highest BCUT2D eigenvalue weighted by atomic mass is 32.2. The van der Waals surface area contributed by atoms with Crippen molar-refractivity contribution in [1.29, 1.82) is 5.26 Å². The minimum absolute atomic E-state index is 0.130. The Hall–Kier alpha value is -0.560. The molecule has 3 nitrogen and oxygen atoms in total. The van der Waals surface area contributed by atoms with E-state index in [1.807, 2.05) is 13.0 Å². The molecule has 70 valence electrons. The van der Waals surface area contributed by atoms with Gasteiger partial charge in [-0.05, 0) is 12.8 Å². The topological polar surface area (TPSA) is 57.9 Å². The summed E-state index contributed by atoms with van der Waals surface area (Å²) in [6.07, 6.45) is 1.78. The third kappa shape index (κ3) is 3.22. The van der Waals surface area contributed by atoms with Crippen LogP contribution in [0.15, 0.2) is 0 Å². The van der Waals surface area contributed by atoms with E-state index in [2.05, 4.69) is 0 Å². The van der Waals surface area contributed by atoms with Gasteiger partial charge in [-0.3, -0.25) is 0 Å². The number of hydrogen-bond donors (Lipinski definition) is 0. The van der Waals surface area contributed by atoms with Crippen molar-refractivity contribution in [2.24, 2.45) is 0 Å². The number of nitrogens with zero attached hydrogens (tertiary/aromatic N) is 1. The largest absolute Gasteiger partial charge is 0.227 e. The van der Waals surface area contributed by atoms with Gasteiger partial charge < -0.3 is 0 Å². The maximum absolute atomic E-state index is 11.3. The first-order valence-electron chi connectivity index (χ1n) is 4.19. The minimum atomic E-state index is -3.15. The first-order valence-corrected chi connectivity index (χ1v) is 5.91. The Kier molecular flexibility index (Phi) is 4.91. The van der Waals surface area contributed by atoms with Crippen LogP contribution in [-0.4, -0.2) is 19.4 Å². The third-order valence-electron chi connectivity index (χ3n) is 1.62. The molecule has 0 fully saturated rings. The van der Waals surface area contributed by atoms with Crippen LogP contribution in [0, 0.1) is 11.3 Å². The lowest BCUT2D eigenvalue weighted by Gasteiger charge is -2.07. The molecule has 1 unspecified atom stereocenters. The van der Waals surface area contributed by atoms with Gasteiger partial charge in [-0.15, -0.1) is 0 Å². The predicted octanol–water partition coefficient (Wildman–Crippen LogP) is 1.50. The summed E-state index contributed by atoms with van der Waals surface area (Å²) in [7, 11) is -3.15. The predicted molar refractivity (Wildman–Crippen MR) is 48.4 cm³/mol. The van der Waals surface area contributed by atoms with Crippen LogP contribution in [0.5, 0.6) is 0 Å². The standard InChI is InChI=1S/C8H15NO2S/c1-3-5-8(7-9)12(10,11)6-4-2/h8H,3-6H2,1-2H3. The van der Waals surface area contributed by atoms with Crippen LogP contribution in [0.4, 0.5) is 0 Å². The Balaban J connectivity index is 4.41. The van der Waals surface area contributed by atoms with Gasteiger partial charge in [0.15, 0.2) is 9.84 Å². The summed E-state index contributed by atoms with van der Waals surface area (Å²) in [6.45, 7) is 3.68. The summed E-state index contributed by atoms with van der Waals surface area (Å²) >= 11 is 0. The quantitative estimate of drug-likeness (QED) is 0.658. The molecule has 0 rings (SSSR count). The second-order valence-corrected chi connectivity index (χ2v) is 5.08. The maximum Gasteiger partial charge on any atom is 0.166 e. The zero-order chi connectivity index (χ0) is 9.61. The van der Waals surface area contributed by atoms with Crippen molar-refractivity contribution >= 4 is 9.84 Å². The fourth-order valence-corrected chi connectivity index (χ4v) is 2.62. The summed E-state index contributed by atoms with van der Waals surface area (Å²) in [5, 5.41) is 7.80. The second-order valence-electron chi connectivity index (χ2n) is 2.77. The van der Waals surface area contributed by atoms with E-state index in [4.69, 9.17) is 5.26 Å². The van der Waals surface area contributed by atoms with E-state index in [1.54, 1.807) is 6.92 Å². The fraction of sp³-hybridized carbons (Fsp3) is 0.875. The lowest BCUT2D eigenvalue weighted by molar-refractivity contribution is 0.582. The van der Waals surface area contributed by atoms with E-state index in [1.165, 1.54) is 0 Å². The van der Waals surface area contributed by atoms with E-state index in [0.29, 0.717) is 12.8 Å². The van der Waals surface area contributed by atoms with Gasteiger partial charge in [-0.2, -0.15) is 5.26 Å². The lowest BCUT2D eigenvalue weighted by Crippen LogP contribution is -2.22. The minimum Gasteiger partial charge on any atom is -0.227 e. The van der Waals surface area contributed by atoms with E-state index < -0.39 is 15.1 Å². The van der Waals surface area contributed by atoms with Crippen molar-refractivity contribution < 1.29 is 8.42 Å². The molecule has 0 aliphatic rings. The van der Waals surface area contributed by atoms with E-state index in [0.717, 1.165) is 6.42 Å². The molecule has 0 saturated heterocycles. The second kappa shape index (κ2) is 5.15. The first-order chi connectivity index (χ1) is 5.58. The van der Waals surface area contributed by atoms with Gasteiger partial charge in [0.2, 0.25) is 0 Å². The monoisotopic (exact) mass is 189 g/mol. The summed E-state index contributed by atoms with van der Waals surface area (Å²) in [5.74, 6) is 0.130. The Morgan fingerprint density at radius 3 is 2.25 bits per heavy atom. The van der Waals surface area contributed by atoms with Crippen molar-refractivity contribution in [3.63, 3.8) is 0 Å². The molecule has 0 N–H and O–H groups in total. The molecule has 0 aromatic rings. The molecule has 0 bridgehead atoms. The van der Waals surface area contributed by atoms with Crippen LogP contribution in [-0.2, 0) is 9.84 Å². The average Bonchev–Trinajstić information content (AvgIpc) is 1.99. The summed E-state index contributed by atoms with van der Waals surface area (Å²) in [5.41, 5.74) is 0. The Bertz CT molecular complexity index is 251. The number of sulfone groups is 1. The Morgan fingerprint density at radius 1 is 1.33 bits per heavy atom. The SMILES string of the molecule is CCCC(C#N)S(=O)(=O)CCC. The van der Waals surface area contributed by atoms with Crippen LogP contribution in [0.1, 0.15) is 33.1 Å².